The SMILES string of the molecule is CCC(C)(CC)n1c(=S)[nH]c2c(C)cccc21. The molecule has 1 heterocycles. The molecular weight excluding hydrogens is 228 g/mol. The molecule has 2 aromatic rings. The molecule has 2 rings (SSSR count). The normalized spacial score (nSPS) is 12.2. The number of aromatic amines is 1. The van der Waals surface area contributed by atoms with Crippen LogP contribution in [0.3, 0.4) is 0 Å². The van der Waals surface area contributed by atoms with Crippen molar-refractivity contribution in [3.05, 3.63) is 28.5 Å². The van der Waals surface area contributed by atoms with Gasteiger partial charge in [0.15, 0.2) is 4.77 Å². The monoisotopic (exact) mass is 248 g/mol. The number of benzene rings is 1. The molecule has 0 unspecified atom stereocenters. The predicted octanol–water partition coefficient (Wildman–Crippen LogP) is 4.54. The topological polar surface area (TPSA) is 20.7 Å². The van der Waals surface area contributed by atoms with Crippen molar-refractivity contribution in [3.8, 4) is 0 Å². The van der Waals surface area contributed by atoms with Crippen LogP contribution >= 0.6 is 12.2 Å². The van der Waals surface area contributed by atoms with E-state index in [0.717, 1.165) is 17.6 Å². The molecule has 3 heteroatoms. The summed E-state index contributed by atoms with van der Waals surface area (Å²) in [7, 11) is 0. The average Bonchev–Trinajstić information content (AvgIpc) is 2.67. The fraction of sp³-hybridized carbons (Fsp3) is 0.500. The van der Waals surface area contributed by atoms with Crippen LogP contribution in [0.1, 0.15) is 39.2 Å². The first-order chi connectivity index (χ1) is 8.03. The number of hydrogen-bond acceptors (Lipinski definition) is 1. The van der Waals surface area contributed by atoms with Gasteiger partial charge in [-0.2, -0.15) is 0 Å². The zero-order valence-corrected chi connectivity index (χ0v) is 11.8. The highest BCUT2D eigenvalue weighted by Gasteiger charge is 2.25. The molecular formula is C14H20N2S. The highest BCUT2D eigenvalue weighted by molar-refractivity contribution is 7.71. The number of hydrogen-bond donors (Lipinski definition) is 1. The number of H-pyrrole nitrogens is 1. The predicted molar refractivity (Wildman–Crippen MR) is 76.1 cm³/mol. The zero-order valence-electron chi connectivity index (χ0n) is 11.0. The molecule has 0 saturated carbocycles. The Morgan fingerprint density at radius 2 is 1.94 bits per heavy atom. The van der Waals surface area contributed by atoms with Crippen molar-refractivity contribution in [1.82, 2.24) is 9.55 Å². The van der Waals surface area contributed by atoms with Gasteiger partial charge >= 0.3 is 0 Å². The standard InChI is InChI=1S/C14H20N2S/c1-5-14(4,6-2)16-11-9-7-8-10(3)12(11)15-13(16)17/h7-9H,5-6H2,1-4H3,(H,15,17). The Balaban J connectivity index is 2.82. The summed E-state index contributed by atoms with van der Waals surface area (Å²) in [6, 6.07) is 6.37. The number of para-hydroxylation sites is 1. The fourth-order valence-electron chi connectivity index (χ4n) is 2.38. The minimum absolute atomic E-state index is 0.100. The summed E-state index contributed by atoms with van der Waals surface area (Å²) in [6.07, 6.45) is 2.16. The van der Waals surface area contributed by atoms with Crippen molar-refractivity contribution in [3.63, 3.8) is 0 Å². The minimum atomic E-state index is 0.100. The number of nitrogens with zero attached hydrogens (tertiary/aromatic N) is 1. The van der Waals surface area contributed by atoms with E-state index in [1.54, 1.807) is 0 Å². The van der Waals surface area contributed by atoms with Crippen LogP contribution in [0.5, 0.6) is 0 Å². The number of rotatable bonds is 3. The van der Waals surface area contributed by atoms with Gasteiger partial charge in [0.05, 0.1) is 11.0 Å². The fourth-order valence-corrected chi connectivity index (χ4v) is 2.80. The summed E-state index contributed by atoms with van der Waals surface area (Å²) in [4.78, 5) is 3.35. The lowest BCUT2D eigenvalue weighted by molar-refractivity contribution is 0.299. The van der Waals surface area contributed by atoms with E-state index >= 15 is 0 Å². The van der Waals surface area contributed by atoms with Crippen molar-refractivity contribution in [2.24, 2.45) is 0 Å². The zero-order chi connectivity index (χ0) is 12.6. The molecule has 0 bridgehead atoms. The van der Waals surface area contributed by atoms with E-state index in [9.17, 15) is 0 Å². The van der Waals surface area contributed by atoms with Gasteiger partial charge in [0, 0.05) is 5.54 Å². The van der Waals surface area contributed by atoms with E-state index in [0.29, 0.717) is 0 Å². The van der Waals surface area contributed by atoms with Crippen molar-refractivity contribution >= 4 is 23.3 Å². The molecule has 1 aromatic heterocycles. The van der Waals surface area contributed by atoms with Crippen LogP contribution in [0.4, 0.5) is 0 Å². The third-order valence-electron chi connectivity index (χ3n) is 3.99. The molecule has 17 heavy (non-hydrogen) atoms. The first-order valence-electron chi connectivity index (χ1n) is 6.24. The Morgan fingerprint density at radius 3 is 2.53 bits per heavy atom. The van der Waals surface area contributed by atoms with Gasteiger partial charge in [-0.15, -0.1) is 0 Å². The van der Waals surface area contributed by atoms with E-state index in [1.165, 1.54) is 16.6 Å². The van der Waals surface area contributed by atoms with Crippen molar-refractivity contribution < 1.29 is 0 Å². The number of nitrogens with one attached hydrogen (secondary N) is 1. The van der Waals surface area contributed by atoms with Gasteiger partial charge in [-0.3, -0.25) is 0 Å². The smallest absolute Gasteiger partial charge is 0.178 e. The van der Waals surface area contributed by atoms with E-state index in [-0.39, 0.29) is 5.54 Å². The second-order valence-corrected chi connectivity index (χ2v) is 5.33. The molecule has 0 radical (unpaired) electrons. The molecule has 0 spiro atoms. The van der Waals surface area contributed by atoms with Gasteiger partial charge in [0.1, 0.15) is 0 Å². The molecule has 0 aliphatic rings. The van der Waals surface area contributed by atoms with Gasteiger partial charge in [-0.1, -0.05) is 26.0 Å². The molecule has 2 nitrogen and oxygen atoms in total. The van der Waals surface area contributed by atoms with Gasteiger partial charge in [0.2, 0.25) is 0 Å². The van der Waals surface area contributed by atoms with Crippen molar-refractivity contribution in [2.75, 3.05) is 0 Å². The Hall–Kier alpha value is -1.09. The lowest BCUT2D eigenvalue weighted by Gasteiger charge is -2.29. The van der Waals surface area contributed by atoms with Crippen LogP contribution in [-0.4, -0.2) is 9.55 Å². The third kappa shape index (κ3) is 1.82. The van der Waals surface area contributed by atoms with Gasteiger partial charge in [-0.05, 0) is 50.5 Å². The summed E-state index contributed by atoms with van der Waals surface area (Å²) in [5.74, 6) is 0. The molecule has 0 atom stereocenters. The highest BCUT2D eigenvalue weighted by atomic mass is 32.1. The van der Waals surface area contributed by atoms with Crippen molar-refractivity contribution in [2.45, 2.75) is 46.1 Å². The van der Waals surface area contributed by atoms with Crippen LogP contribution < -0.4 is 0 Å². The quantitative estimate of drug-likeness (QED) is 0.791. The molecule has 92 valence electrons. The van der Waals surface area contributed by atoms with Crippen LogP contribution in [-0.2, 0) is 5.54 Å². The molecule has 0 aliphatic heterocycles. The Bertz CT molecular complexity index is 588. The molecule has 0 fully saturated rings. The number of aromatic nitrogens is 2. The molecule has 0 saturated heterocycles. The van der Waals surface area contributed by atoms with Crippen LogP contribution in [0.15, 0.2) is 18.2 Å². The summed E-state index contributed by atoms with van der Waals surface area (Å²) >= 11 is 5.50. The van der Waals surface area contributed by atoms with E-state index in [2.05, 4.69) is 55.4 Å². The Kier molecular flexibility index (Phi) is 3.13. The van der Waals surface area contributed by atoms with Crippen LogP contribution in [0.25, 0.3) is 11.0 Å². The summed E-state index contributed by atoms with van der Waals surface area (Å²) in [5, 5.41) is 0. The summed E-state index contributed by atoms with van der Waals surface area (Å²) in [5.41, 5.74) is 3.75. The molecule has 1 N–H and O–H groups in total. The lowest BCUT2D eigenvalue weighted by atomic mass is 9.95. The van der Waals surface area contributed by atoms with Crippen LogP contribution in [0, 0.1) is 11.7 Å². The Labute approximate surface area is 108 Å². The maximum Gasteiger partial charge on any atom is 0.178 e. The molecule has 1 aromatic carbocycles. The van der Waals surface area contributed by atoms with E-state index in [4.69, 9.17) is 12.2 Å². The maximum atomic E-state index is 5.50. The summed E-state index contributed by atoms with van der Waals surface area (Å²) < 4.78 is 3.12. The van der Waals surface area contributed by atoms with E-state index in [1.807, 2.05) is 0 Å². The third-order valence-corrected chi connectivity index (χ3v) is 4.27. The van der Waals surface area contributed by atoms with E-state index < -0.39 is 0 Å². The summed E-state index contributed by atoms with van der Waals surface area (Å²) in [6.45, 7) is 8.84. The maximum absolute atomic E-state index is 5.50. The number of imidazole rings is 1. The van der Waals surface area contributed by atoms with Crippen LogP contribution in [0.2, 0.25) is 0 Å². The average molecular weight is 248 g/mol. The second-order valence-electron chi connectivity index (χ2n) is 4.94. The molecule has 0 amide bonds. The molecule has 0 aliphatic carbocycles. The van der Waals surface area contributed by atoms with Gasteiger partial charge < -0.3 is 9.55 Å². The number of fused-ring (bicyclic) bond motifs is 1. The first-order valence-corrected chi connectivity index (χ1v) is 6.65. The Morgan fingerprint density at radius 1 is 1.29 bits per heavy atom. The first kappa shape index (κ1) is 12.4. The van der Waals surface area contributed by atoms with Crippen molar-refractivity contribution in [1.29, 1.82) is 0 Å². The second kappa shape index (κ2) is 4.30. The highest BCUT2D eigenvalue weighted by Crippen LogP contribution is 2.30. The van der Waals surface area contributed by atoms with Gasteiger partial charge in [0.25, 0.3) is 0 Å². The van der Waals surface area contributed by atoms with Gasteiger partial charge in [-0.25, -0.2) is 0 Å². The minimum Gasteiger partial charge on any atom is -0.330 e. The lowest BCUT2D eigenvalue weighted by Crippen LogP contribution is -2.28. The number of aryl methyl sites for hydroxylation is 1. The largest absolute Gasteiger partial charge is 0.330 e.